The Morgan fingerprint density at radius 1 is 1.00 bits per heavy atom. The second-order valence-electron chi connectivity index (χ2n) is 4.93. The molecule has 1 aliphatic rings. The van der Waals surface area contributed by atoms with E-state index in [0.717, 1.165) is 0 Å². The van der Waals surface area contributed by atoms with Gasteiger partial charge in [0.15, 0.2) is 11.5 Å². The summed E-state index contributed by atoms with van der Waals surface area (Å²) in [4.78, 5) is 23.6. The van der Waals surface area contributed by atoms with Gasteiger partial charge < -0.3 is 25.4 Å². The Kier molecular flexibility index (Phi) is 4.72. The zero-order chi connectivity index (χ0) is 16.9. The topological polar surface area (TPSA) is 88.7 Å². The van der Waals surface area contributed by atoms with Gasteiger partial charge in [0.1, 0.15) is 0 Å². The molecule has 0 saturated carbocycles. The molecule has 3 amide bonds. The molecule has 3 N–H and O–H groups in total. The van der Waals surface area contributed by atoms with Gasteiger partial charge in [0, 0.05) is 22.5 Å². The van der Waals surface area contributed by atoms with E-state index < -0.39 is 6.03 Å². The Balaban J connectivity index is 1.47. The van der Waals surface area contributed by atoms with E-state index in [1.54, 1.807) is 42.5 Å². The van der Waals surface area contributed by atoms with Crippen LogP contribution in [0.25, 0.3) is 0 Å². The molecule has 0 saturated heterocycles. The van der Waals surface area contributed by atoms with Crippen LogP contribution in [0.5, 0.6) is 11.5 Å². The van der Waals surface area contributed by atoms with Crippen molar-refractivity contribution in [3.63, 3.8) is 0 Å². The molecule has 0 fully saturated rings. The van der Waals surface area contributed by atoms with Crippen molar-refractivity contribution in [2.24, 2.45) is 0 Å². The van der Waals surface area contributed by atoms with Gasteiger partial charge >= 0.3 is 6.03 Å². The molecule has 3 rings (SSSR count). The van der Waals surface area contributed by atoms with E-state index in [0.29, 0.717) is 27.9 Å². The van der Waals surface area contributed by atoms with Crippen LogP contribution in [0.4, 0.5) is 16.2 Å². The van der Waals surface area contributed by atoms with Crippen LogP contribution in [-0.4, -0.2) is 25.3 Å². The van der Waals surface area contributed by atoms with Gasteiger partial charge in [-0.25, -0.2) is 4.79 Å². The predicted molar refractivity (Wildman–Crippen MR) is 89.7 cm³/mol. The van der Waals surface area contributed by atoms with Crippen LogP contribution < -0.4 is 25.4 Å². The molecular formula is C16H14ClN3O4. The molecule has 0 bridgehead atoms. The number of halogens is 1. The zero-order valence-corrected chi connectivity index (χ0v) is 13.2. The Hall–Kier alpha value is -2.93. The average molecular weight is 348 g/mol. The van der Waals surface area contributed by atoms with Crippen LogP contribution in [0.15, 0.2) is 42.5 Å². The standard InChI is InChI=1S/C16H14ClN3O4/c17-10-2-1-3-11(6-10)20-16(22)18-8-15(21)19-12-4-5-13-14(7-12)24-9-23-13/h1-7H,8-9H2,(H,19,21)(H2,18,20,22). The molecular weight excluding hydrogens is 334 g/mol. The lowest BCUT2D eigenvalue weighted by molar-refractivity contribution is -0.115. The smallest absolute Gasteiger partial charge is 0.319 e. The highest BCUT2D eigenvalue weighted by atomic mass is 35.5. The van der Waals surface area contributed by atoms with Crippen LogP contribution >= 0.6 is 11.6 Å². The summed E-state index contributed by atoms with van der Waals surface area (Å²) in [6, 6.07) is 11.3. The third-order valence-electron chi connectivity index (χ3n) is 3.15. The number of anilines is 2. The quantitative estimate of drug-likeness (QED) is 0.793. The summed E-state index contributed by atoms with van der Waals surface area (Å²) in [5.41, 5.74) is 1.09. The number of hydrogen-bond donors (Lipinski definition) is 3. The van der Waals surface area contributed by atoms with Gasteiger partial charge in [-0.2, -0.15) is 0 Å². The summed E-state index contributed by atoms with van der Waals surface area (Å²) in [6.07, 6.45) is 0. The number of rotatable bonds is 4. The number of carbonyl (C=O) groups is 2. The minimum atomic E-state index is -0.502. The summed E-state index contributed by atoms with van der Waals surface area (Å²) >= 11 is 5.83. The highest BCUT2D eigenvalue weighted by Crippen LogP contribution is 2.34. The monoisotopic (exact) mass is 347 g/mol. The van der Waals surface area contributed by atoms with Crippen LogP contribution in [0.1, 0.15) is 0 Å². The van der Waals surface area contributed by atoms with Gasteiger partial charge in [-0.05, 0) is 30.3 Å². The predicted octanol–water partition coefficient (Wildman–Crippen LogP) is 2.83. The van der Waals surface area contributed by atoms with E-state index in [9.17, 15) is 9.59 Å². The maximum Gasteiger partial charge on any atom is 0.319 e. The van der Waals surface area contributed by atoms with Crippen molar-refractivity contribution in [1.29, 1.82) is 0 Å². The fraction of sp³-hybridized carbons (Fsp3) is 0.125. The Labute approximate surface area is 142 Å². The molecule has 1 aliphatic heterocycles. The summed E-state index contributed by atoms with van der Waals surface area (Å²) in [5, 5.41) is 8.22. The summed E-state index contributed by atoms with van der Waals surface area (Å²) < 4.78 is 10.4. The number of hydrogen-bond acceptors (Lipinski definition) is 4. The van der Waals surface area contributed by atoms with Gasteiger partial charge in [0.05, 0.1) is 6.54 Å². The Morgan fingerprint density at radius 3 is 2.62 bits per heavy atom. The first-order chi connectivity index (χ1) is 11.6. The minimum Gasteiger partial charge on any atom is -0.454 e. The van der Waals surface area contributed by atoms with Crippen LogP contribution in [0.3, 0.4) is 0 Å². The minimum absolute atomic E-state index is 0.165. The SMILES string of the molecule is O=C(CNC(=O)Nc1cccc(Cl)c1)Nc1ccc2c(c1)OCO2. The lowest BCUT2D eigenvalue weighted by Gasteiger charge is -2.09. The van der Waals surface area contributed by atoms with E-state index in [-0.39, 0.29) is 19.2 Å². The lowest BCUT2D eigenvalue weighted by atomic mass is 10.3. The van der Waals surface area contributed by atoms with E-state index >= 15 is 0 Å². The molecule has 0 atom stereocenters. The van der Waals surface area contributed by atoms with Crippen molar-refractivity contribution >= 4 is 34.9 Å². The van der Waals surface area contributed by atoms with E-state index in [1.165, 1.54) is 0 Å². The number of nitrogens with one attached hydrogen (secondary N) is 3. The third-order valence-corrected chi connectivity index (χ3v) is 3.38. The average Bonchev–Trinajstić information content (AvgIpc) is 3.00. The maximum absolute atomic E-state index is 11.9. The van der Waals surface area contributed by atoms with Crippen molar-refractivity contribution in [3.05, 3.63) is 47.5 Å². The molecule has 8 heteroatoms. The van der Waals surface area contributed by atoms with Gasteiger partial charge in [-0.15, -0.1) is 0 Å². The second-order valence-corrected chi connectivity index (χ2v) is 5.37. The fourth-order valence-corrected chi connectivity index (χ4v) is 2.27. The van der Waals surface area contributed by atoms with Crippen molar-refractivity contribution < 1.29 is 19.1 Å². The molecule has 0 unspecified atom stereocenters. The highest BCUT2D eigenvalue weighted by Gasteiger charge is 2.14. The van der Waals surface area contributed by atoms with Crippen LogP contribution in [0, 0.1) is 0 Å². The first-order valence-corrected chi connectivity index (χ1v) is 7.48. The number of ether oxygens (including phenoxy) is 2. The maximum atomic E-state index is 11.9. The second kappa shape index (κ2) is 7.10. The number of benzene rings is 2. The molecule has 1 heterocycles. The van der Waals surface area contributed by atoms with E-state index in [2.05, 4.69) is 16.0 Å². The normalized spacial score (nSPS) is 11.7. The first kappa shape index (κ1) is 15.9. The Morgan fingerprint density at radius 2 is 1.79 bits per heavy atom. The molecule has 0 radical (unpaired) electrons. The van der Waals surface area contributed by atoms with Gasteiger partial charge in [0.25, 0.3) is 0 Å². The summed E-state index contributed by atoms with van der Waals surface area (Å²) in [7, 11) is 0. The highest BCUT2D eigenvalue weighted by molar-refractivity contribution is 6.30. The van der Waals surface area contributed by atoms with Crippen LogP contribution in [-0.2, 0) is 4.79 Å². The molecule has 2 aromatic carbocycles. The molecule has 2 aromatic rings. The van der Waals surface area contributed by atoms with Gasteiger partial charge in [-0.3, -0.25) is 4.79 Å². The van der Waals surface area contributed by atoms with Crippen molar-refractivity contribution in [2.45, 2.75) is 0 Å². The van der Waals surface area contributed by atoms with Crippen molar-refractivity contribution in [2.75, 3.05) is 24.0 Å². The van der Waals surface area contributed by atoms with Crippen molar-refractivity contribution in [3.8, 4) is 11.5 Å². The van der Waals surface area contributed by atoms with E-state index in [1.807, 2.05) is 0 Å². The molecule has 0 spiro atoms. The zero-order valence-electron chi connectivity index (χ0n) is 12.5. The molecule has 0 aromatic heterocycles. The third kappa shape index (κ3) is 4.08. The first-order valence-electron chi connectivity index (χ1n) is 7.10. The number of fused-ring (bicyclic) bond motifs is 1. The number of urea groups is 1. The fourth-order valence-electron chi connectivity index (χ4n) is 2.08. The molecule has 124 valence electrons. The molecule has 24 heavy (non-hydrogen) atoms. The lowest BCUT2D eigenvalue weighted by Crippen LogP contribution is -2.35. The number of amides is 3. The number of carbonyl (C=O) groups excluding carboxylic acids is 2. The van der Waals surface area contributed by atoms with Gasteiger partial charge in [0.2, 0.25) is 12.7 Å². The van der Waals surface area contributed by atoms with Gasteiger partial charge in [-0.1, -0.05) is 17.7 Å². The molecule has 0 aliphatic carbocycles. The summed E-state index contributed by atoms with van der Waals surface area (Å²) in [6.45, 7) is -0.0151. The Bertz CT molecular complexity index is 782. The van der Waals surface area contributed by atoms with Crippen LogP contribution in [0.2, 0.25) is 5.02 Å². The van der Waals surface area contributed by atoms with E-state index in [4.69, 9.17) is 21.1 Å². The summed E-state index contributed by atoms with van der Waals surface area (Å²) in [5.74, 6) is 0.835. The molecule has 7 nitrogen and oxygen atoms in total. The largest absolute Gasteiger partial charge is 0.454 e. The van der Waals surface area contributed by atoms with Crippen molar-refractivity contribution in [1.82, 2.24) is 5.32 Å².